The van der Waals surface area contributed by atoms with Crippen LogP contribution in [-0.4, -0.2) is 40.6 Å². The Bertz CT molecular complexity index is 613. The number of carbonyl (C=O) groups excluding carboxylic acids is 1. The van der Waals surface area contributed by atoms with E-state index in [4.69, 9.17) is 9.84 Å². The van der Waals surface area contributed by atoms with Crippen LogP contribution in [0.25, 0.3) is 0 Å². The van der Waals surface area contributed by atoms with E-state index >= 15 is 0 Å². The van der Waals surface area contributed by atoms with Crippen molar-refractivity contribution in [3.05, 3.63) is 29.8 Å². The van der Waals surface area contributed by atoms with E-state index in [9.17, 15) is 9.59 Å². The van der Waals surface area contributed by atoms with E-state index in [1.165, 1.54) is 19.3 Å². The monoisotopic (exact) mass is 345 g/mol. The fourth-order valence-electron chi connectivity index (χ4n) is 4.33. The van der Waals surface area contributed by atoms with Crippen LogP contribution in [0.4, 0.5) is 0 Å². The minimum atomic E-state index is -0.942. The lowest BCUT2D eigenvalue weighted by atomic mass is 9.85. The number of nitrogens with zero attached hydrogens (tertiary/aromatic N) is 1. The first-order valence-electron chi connectivity index (χ1n) is 9.37. The van der Waals surface area contributed by atoms with Crippen molar-refractivity contribution in [2.75, 3.05) is 6.61 Å². The molecule has 2 aliphatic rings. The van der Waals surface area contributed by atoms with Gasteiger partial charge in [-0.3, -0.25) is 4.79 Å². The van der Waals surface area contributed by atoms with Crippen LogP contribution in [0.15, 0.2) is 24.3 Å². The third-order valence-corrected chi connectivity index (χ3v) is 5.49. The van der Waals surface area contributed by atoms with E-state index in [1.807, 2.05) is 6.92 Å². The van der Waals surface area contributed by atoms with Gasteiger partial charge in [0, 0.05) is 12.5 Å². The molecule has 1 aromatic rings. The summed E-state index contributed by atoms with van der Waals surface area (Å²) in [6.07, 6.45) is 7.30. The molecule has 2 unspecified atom stereocenters. The first-order chi connectivity index (χ1) is 12.1. The van der Waals surface area contributed by atoms with Crippen molar-refractivity contribution in [1.82, 2.24) is 4.90 Å². The van der Waals surface area contributed by atoms with Crippen LogP contribution in [-0.2, 0) is 4.79 Å². The van der Waals surface area contributed by atoms with E-state index in [1.54, 1.807) is 24.3 Å². The van der Waals surface area contributed by atoms with Gasteiger partial charge in [0.1, 0.15) is 12.4 Å². The molecule has 1 aromatic carbocycles. The minimum absolute atomic E-state index is 0.131. The zero-order valence-corrected chi connectivity index (χ0v) is 14.8. The predicted molar refractivity (Wildman–Crippen MR) is 94.8 cm³/mol. The van der Waals surface area contributed by atoms with E-state index in [0.29, 0.717) is 30.7 Å². The van der Waals surface area contributed by atoms with E-state index in [2.05, 4.69) is 4.90 Å². The van der Waals surface area contributed by atoms with Crippen molar-refractivity contribution in [1.29, 1.82) is 0 Å². The lowest BCUT2D eigenvalue weighted by molar-refractivity contribution is -0.135. The topological polar surface area (TPSA) is 66.8 Å². The van der Waals surface area contributed by atoms with Gasteiger partial charge >= 0.3 is 5.97 Å². The maximum absolute atomic E-state index is 12.6. The predicted octanol–water partition coefficient (Wildman–Crippen LogP) is 3.72. The molecule has 5 nitrogen and oxygen atoms in total. The summed E-state index contributed by atoms with van der Waals surface area (Å²) >= 11 is 0. The minimum Gasteiger partial charge on any atom is -0.491 e. The molecular formula is C20H27NO4. The summed E-state index contributed by atoms with van der Waals surface area (Å²) in [6.45, 7) is 2.52. The second-order valence-electron chi connectivity index (χ2n) is 7.19. The number of rotatable bonds is 6. The summed E-state index contributed by atoms with van der Waals surface area (Å²) in [5.41, 5.74) is 0.249. The van der Waals surface area contributed by atoms with Crippen LogP contribution in [0, 0.1) is 5.92 Å². The van der Waals surface area contributed by atoms with Gasteiger partial charge in [0.25, 0.3) is 0 Å². The van der Waals surface area contributed by atoms with Gasteiger partial charge in [0.2, 0.25) is 5.91 Å². The van der Waals surface area contributed by atoms with E-state index in [-0.39, 0.29) is 17.5 Å². The van der Waals surface area contributed by atoms with Gasteiger partial charge in [0.05, 0.1) is 11.6 Å². The van der Waals surface area contributed by atoms with Gasteiger partial charge in [0.15, 0.2) is 0 Å². The van der Waals surface area contributed by atoms with Crippen LogP contribution in [0.3, 0.4) is 0 Å². The molecule has 0 bridgehead atoms. The fourth-order valence-corrected chi connectivity index (χ4v) is 4.33. The lowest BCUT2D eigenvalue weighted by Gasteiger charge is -2.34. The third kappa shape index (κ3) is 3.97. The molecule has 1 N–H and O–H groups in total. The standard InChI is InChI=1S/C20H27NO4/c1-2-5-19(22)21-16(12-15-6-3-4-7-18(15)21)13-25-17-10-8-14(9-11-17)20(23)24/h8-11,15-16,18H,2-7,12-13H2,1H3,(H,23,24)/t15?,16-,18?/m0/s1. The molecule has 5 heteroatoms. The van der Waals surface area contributed by atoms with Gasteiger partial charge in [-0.1, -0.05) is 19.8 Å². The normalized spacial score (nSPS) is 25.5. The summed E-state index contributed by atoms with van der Waals surface area (Å²) < 4.78 is 5.90. The number of fused-ring (bicyclic) bond motifs is 1. The van der Waals surface area contributed by atoms with Gasteiger partial charge < -0.3 is 14.7 Å². The molecule has 1 heterocycles. The van der Waals surface area contributed by atoms with Crippen LogP contribution < -0.4 is 4.74 Å². The van der Waals surface area contributed by atoms with Gasteiger partial charge in [-0.25, -0.2) is 4.79 Å². The molecule has 1 saturated carbocycles. The number of ether oxygens (including phenoxy) is 1. The Morgan fingerprint density at radius 3 is 2.60 bits per heavy atom. The second-order valence-corrected chi connectivity index (χ2v) is 7.19. The molecule has 2 fully saturated rings. The summed E-state index contributed by atoms with van der Waals surface area (Å²) in [6, 6.07) is 6.98. The molecule has 0 spiro atoms. The number of carboxylic acids is 1. The molecular weight excluding hydrogens is 318 g/mol. The molecule has 1 amide bonds. The van der Waals surface area contributed by atoms with Crippen molar-refractivity contribution < 1.29 is 19.4 Å². The number of hydrogen-bond donors (Lipinski definition) is 1. The number of likely N-dealkylation sites (tertiary alicyclic amines) is 1. The molecule has 1 saturated heterocycles. The number of carboxylic acid groups (broad SMARTS) is 1. The summed E-state index contributed by atoms with van der Waals surface area (Å²) in [5, 5.41) is 8.96. The van der Waals surface area contributed by atoms with Crippen molar-refractivity contribution in [3.8, 4) is 5.75 Å². The van der Waals surface area contributed by atoms with Crippen LogP contribution in [0.5, 0.6) is 5.75 Å². The maximum Gasteiger partial charge on any atom is 0.335 e. The quantitative estimate of drug-likeness (QED) is 0.853. The SMILES string of the molecule is CCCC(=O)N1C2CCCCC2C[C@H]1COc1ccc(C(=O)O)cc1. The number of carbonyl (C=O) groups is 2. The Morgan fingerprint density at radius 2 is 1.92 bits per heavy atom. The molecule has 3 rings (SSSR count). The summed E-state index contributed by atoms with van der Waals surface area (Å²) in [5.74, 6) is 0.579. The summed E-state index contributed by atoms with van der Waals surface area (Å²) in [4.78, 5) is 25.7. The molecule has 136 valence electrons. The van der Waals surface area contributed by atoms with Crippen molar-refractivity contribution >= 4 is 11.9 Å². The number of hydrogen-bond acceptors (Lipinski definition) is 3. The third-order valence-electron chi connectivity index (χ3n) is 5.49. The largest absolute Gasteiger partial charge is 0.491 e. The average Bonchev–Trinajstić information content (AvgIpc) is 2.99. The van der Waals surface area contributed by atoms with Crippen LogP contribution in [0.1, 0.15) is 62.2 Å². The Morgan fingerprint density at radius 1 is 1.20 bits per heavy atom. The van der Waals surface area contributed by atoms with Gasteiger partial charge in [-0.15, -0.1) is 0 Å². The van der Waals surface area contributed by atoms with Gasteiger partial charge in [-0.05, 0) is 55.9 Å². The highest BCUT2D eigenvalue weighted by Crippen LogP contribution is 2.40. The van der Waals surface area contributed by atoms with Crippen molar-refractivity contribution in [3.63, 3.8) is 0 Å². The number of amides is 1. The highest BCUT2D eigenvalue weighted by molar-refractivity contribution is 5.87. The molecule has 0 radical (unpaired) electrons. The Hall–Kier alpha value is -2.04. The highest BCUT2D eigenvalue weighted by Gasteiger charge is 2.44. The number of aromatic carboxylic acids is 1. The molecule has 1 aliphatic heterocycles. The molecule has 0 aromatic heterocycles. The molecule has 25 heavy (non-hydrogen) atoms. The smallest absolute Gasteiger partial charge is 0.335 e. The Labute approximate surface area is 149 Å². The zero-order chi connectivity index (χ0) is 17.8. The Kier molecular flexibility index (Phi) is 5.61. The second kappa shape index (κ2) is 7.89. The molecule has 3 atom stereocenters. The fraction of sp³-hybridized carbons (Fsp3) is 0.600. The van der Waals surface area contributed by atoms with Crippen LogP contribution in [0.2, 0.25) is 0 Å². The van der Waals surface area contributed by atoms with Gasteiger partial charge in [-0.2, -0.15) is 0 Å². The zero-order valence-electron chi connectivity index (χ0n) is 14.8. The highest BCUT2D eigenvalue weighted by atomic mass is 16.5. The number of benzene rings is 1. The van der Waals surface area contributed by atoms with Crippen molar-refractivity contribution in [2.24, 2.45) is 5.92 Å². The molecule has 1 aliphatic carbocycles. The maximum atomic E-state index is 12.6. The first kappa shape index (κ1) is 17.8. The Balaban J connectivity index is 1.66. The first-order valence-corrected chi connectivity index (χ1v) is 9.37. The van der Waals surface area contributed by atoms with E-state index < -0.39 is 5.97 Å². The summed E-state index contributed by atoms with van der Waals surface area (Å²) in [7, 11) is 0. The van der Waals surface area contributed by atoms with Crippen molar-refractivity contribution in [2.45, 2.75) is 64.0 Å². The van der Waals surface area contributed by atoms with Crippen LogP contribution >= 0.6 is 0 Å². The van der Waals surface area contributed by atoms with E-state index in [0.717, 1.165) is 19.3 Å². The average molecular weight is 345 g/mol. The lowest BCUT2D eigenvalue weighted by Crippen LogP contribution is -2.45.